The van der Waals surface area contributed by atoms with Crippen molar-refractivity contribution in [3.63, 3.8) is 0 Å². The first-order valence-electron chi connectivity index (χ1n) is 8.81. The fraction of sp³-hybridized carbons (Fsp3) is 0.333. The van der Waals surface area contributed by atoms with E-state index in [-0.39, 0.29) is 5.91 Å². The molecule has 1 N–H and O–H groups in total. The number of amides is 1. The number of rotatable bonds is 8. The van der Waals surface area contributed by atoms with Crippen LogP contribution in [0.15, 0.2) is 54.6 Å². The lowest BCUT2D eigenvalue weighted by atomic mass is 9.78. The molecule has 3 aromatic rings. The maximum atomic E-state index is 13.1. The lowest BCUT2D eigenvalue weighted by Crippen LogP contribution is -2.44. The zero-order valence-electron chi connectivity index (χ0n) is 15.2. The molecule has 0 saturated carbocycles. The Kier molecular flexibility index (Phi) is 6.01. The fourth-order valence-corrected chi connectivity index (χ4v) is 4.15. The van der Waals surface area contributed by atoms with Crippen LogP contribution < -0.4 is 5.32 Å². The minimum absolute atomic E-state index is 0.0269. The van der Waals surface area contributed by atoms with Gasteiger partial charge < -0.3 is 10.1 Å². The molecule has 0 saturated heterocycles. The summed E-state index contributed by atoms with van der Waals surface area (Å²) in [6.45, 7) is 3.25. The lowest BCUT2D eigenvalue weighted by Gasteiger charge is -2.28. The molecule has 0 bridgehead atoms. The van der Waals surface area contributed by atoms with E-state index in [0.29, 0.717) is 19.6 Å². The largest absolute Gasteiger partial charge is 0.385 e. The van der Waals surface area contributed by atoms with Crippen LogP contribution in [0.4, 0.5) is 0 Å². The van der Waals surface area contributed by atoms with Crippen LogP contribution in [0.5, 0.6) is 0 Å². The topological polar surface area (TPSA) is 51.2 Å². The Hall–Kier alpha value is -2.24. The molecule has 1 heterocycles. The number of hydrogen-bond acceptors (Lipinski definition) is 4. The number of carbonyl (C=O) groups excluding carboxylic acids is 1. The Bertz CT molecular complexity index is 830. The van der Waals surface area contributed by atoms with Crippen LogP contribution in [0.3, 0.4) is 0 Å². The quantitative estimate of drug-likeness (QED) is 0.613. The van der Waals surface area contributed by atoms with Crippen LogP contribution in [0, 0.1) is 0 Å². The lowest BCUT2D eigenvalue weighted by molar-refractivity contribution is -0.126. The van der Waals surface area contributed by atoms with Gasteiger partial charge in [-0.25, -0.2) is 4.98 Å². The third-order valence-electron chi connectivity index (χ3n) is 4.57. The van der Waals surface area contributed by atoms with Crippen molar-refractivity contribution in [2.45, 2.75) is 25.2 Å². The van der Waals surface area contributed by atoms with Gasteiger partial charge in [-0.3, -0.25) is 4.79 Å². The van der Waals surface area contributed by atoms with Gasteiger partial charge in [0.25, 0.3) is 0 Å². The molecule has 0 aliphatic heterocycles. The number of nitrogens with zero attached hydrogens (tertiary/aromatic N) is 1. The van der Waals surface area contributed by atoms with Crippen molar-refractivity contribution < 1.29 is 9.53 Å². The molecule has 2 aromatic carbocycles. The van der Waals surface area contributed by atoms with Crippen LogP contribution >= 0.6 is 11.3 Å². The number of aromatic nitrogens is 1. The van der Waals surface area contributed by atoms with E-state index in [4.69, 9.17) is 9.72 Å². The third-order valence-corrected chi connectivity index (χ3v) is 5.60. The van der Waals surface area contributed by atoms with E-state index in [1.807, 2.05) is 55.5 Å². The molecule has 26 heavy (non-hydrogen) atoms. The Labute approximate surface area is 158 Å². The number of fused-ring (bicyclic) bond motifs is 1. The Morgan fingerprint density at radius 3 is 2.62 bits per heavy atom. The van der Waals surface area contributed by atoms with Gasteiger partial charge in [-0.15, -0.1) is 11.3 Å². The second-order valence-corrected chi connectivity index (χ2v) is 7.67. The van der Waals surface area contributed by atoms with Gasteiger partial charge in [0.15, 0.2) is 0 Å². The first-order valence-corrected chi connectivity index (χ1v) is 9.62. The summed E-state index contributed by atoms with van der Waals surface area (Å²) in [4.78, 5) is 17.8. The van der Waals surface area contributed by atoms with Crippen molar-refractivity contribution >= 4 is 27.5 Å². The van der Waals surface area contributed by atoms with E-state index in [1.165, 1.54) is 0 Å². The van der Waals surface area contributed by atoms with Gasteiger partial charge in [0, 0.05) is 26.7 Å². The van der Waals surface area contributed by atoms with E-state index >= 15 is 0 Å². The van der Waals surface area contributed by atoms with Crippen molar-refractivity contribution in [2.24, 2.45) is 0 Å². The van der Waals surface area contributed by atoms with Crippen LogP contribution in [0.1, 0.15) is 23.9 Å². The SMILES string of the molecule is COCCCNC(=O)[C@@](C)(Cc1nc2ccccc2s1)c1ccccc1. The van der Waals surface area contributed by atoms with Gasteiger partial charge in [-0.05, 0) is 31.0 Å². The summed E-state index contributed by atoms with van der Waals surface area (Å²) >= 11 is 1.66. The molecule has 4 nitrogen and oxygen atoms in total. The molecule has 0 aliphatic rings. The Morgan fingerprint density at radius 2 is 1.88 bits per heavy atom. The van der Waals surface area contributed by atoms with E-state index in [0.717, 1.165) is 27.2 Å². The van der Waals surface area contributed by atoms with E-state index < -0.39 is 5.41 Å². The van der Waals surface area contributed by atoms with E-state index in [1.54, 1.807) is 18.4 Å². The number of hydrogen-bond donors (Lipinski definition) is 1. The average molecular weight is 369 g/mol. The zero-order valence-corrected chi connectivity index (χ0v) is 16.0. The number of methoxy groups -OCH3 is 1. The molecule has 1 aromatic heterocycles. The fourth-order valence-electron chi connectivity index (χ4n) is 3.03. The second kappa shape index (κ2) is 8.43. The molecule has 5 heteroatoms. The molecule has 0 spiro atoms. The zero-order chi connectivity index (χ0) is 18.4. The van der Waals surface area contributed by atoms with E-state index in [2.05, 4.69) is 11.4 Å². The highest BCUT2D eigenvalue weighted by atomic mass is 32.1. The number of para-hydroxylation sites is 1. The first-order chi connectivity index (χ1) is 12.6. The van der Waals surface area contributed by atoms with Crippen LogP contribution in [0.25, 0.3) is 10.2 Å². The van der Waals surface area contributed by atoms with E-state index in [9.17, 15) is 4.79 Å². The van der Waals surface area contributed by atoms with Crippen molar-refractivity contribution in [2.75, 3.05) is 20.3 Å². The van der Waals surface area contributed by atoms with Crippen LogP contribution in [0.2, 0.25) is 0 Å². The van der Waals surface area contributed by atoms with Gasteiger partial charge in [0.05, 0.1) is 20.6 Å². The molecule has 0 unspecified atom stereocenters. The maximum Gasteiger partial charge on any atom is 0.230 e. The monoisotopic (exact) mass is 368 g/mol. The Balaban J connectivity index is 1.86. The smallest absolute Gasteiger partial charge is 0.230 e. The minimum atomic E-state index is -0.664. The van der Waals surface area contributed by atoms with Gasteiger partial charge in [-0.2, -0.15) is 0 Å². The van der Waals surface area contributed by atoms with Gasteiger partial charge in [-0.1, -0.05) is 42.5 Å². The Morgan fingerprint density at radius 1 is 1.15 bits per heavy atom. The predicted octanol–water partition coefficient (Wildman–Crippen LogP) is 3.95. The summed E-state index contributed by atoms with van der Waals surface area (Å²) in [7, 11) is 1.67. The summed E-state index contributed by atoms with van der Waals surface area (Å²) in [6.07, 6.45) is 1.38. The van der Waals surface area contributed by atoms with Gasteiger partial charge >= 0.3 is 0 Å². The van der Waals surface area contributed by atoms with Crippen molar-refractivity contribution in [3.8, 4) is 0 Å². The van der Waals surface area contributed by atoms with Gasteiger partial charge in [0.2, 0.25) is 5.91 Å². The molecule has 0 radical (unpaired) electrons. The number of benzene rings is 2. The number of carbonyl (C=O) groups is 1. The molecule has 136 valence electrons. The predicted molar refractivity (Wildman–Crippen MR) is 107 cm³/mol. The highest BCUT2D eigenvalue weighted by Gasteiger charge is 2.36. The molecule has 1 amide bonds. The summed E-state index contributed by atoms with van der Waals surface area (Å²) in [5.41, 5.74) is 1.33. The summed E-state index contributed by atoms with van der Waals surface area (Å²) in [6, 6.07) is 18.0. The third kappa shape index (κ3) is 4.11. The van der Waals surface area contributed by atoms with Crippen molar-refractivity contribution in [1.29, 1.82) is 0 Å². The molecule has 1 atom stereocenters. The number of thiazole rings is 1. The minimum Gasteiger partial charge on any atom is -0.385 e. The average Bonchev–Trinajstić information content (AvgIpc) is 3.07. The molecule has 0 fully saturated rings. The number of nitrogens with one attached hydrogen (secondary N) is 1. The standard InChI is InChI=1S/C21H24N2O2S/c1-21(16-9-4-3-5-10-16,20(24)22-13-8-14-25-2)15-19-23-17-11-6-7-12-18(17)26-19/h3-7,9-12H,8,13-15H2,1-2H3,(H,22,24)/t21-/m0/s1. The molecule has 3 rings (SSSR count). The second-order valence-electron chi connectivity index (χ2n) is 6.55. The number of ether oxygens (including phenoxy) is 1. The summed E-state index contributed by atoms with van der Waals surface area (Å²) in [5.74, 6) is 0.0269. The molecule has 0 aliphatic carbocycles. The van der Waals surface area contributed by atoms with Crippen molar-refractivity contribution in [1.82, 2.24) is 10.3 Å². The maximum absolute atomic E-state index is 13.1. The highest BCUT2D eigenvalue weighted by molar-refractivity contribution is 7.18. The summed E-state index contributed by atoms with van der Waals surface area (Å²) < 4.78 is 6.21. The normalized spacial score (nSPS) is 13.5. The van der Waals surface area contributed by atoms with Crippen LogP contribution in [-0.2, 0) is 21.4 Å². The van der Waals surface area contributed by atoms with Crippen molar-refractivity contribution in [3.05, 3.63) is 65.2 Å². The molecular formula is C21H24N2O2S. The summed E-state index contributed by atoms with van der Waals surface area (Å²) in [5, 5.41) is 4.04. The molecular weight excluding hydrogens is 344 g/mol. The van der Waals surface area contributed by atoms with Gasteiger partial charge in [0.1, 0.15) is 0 Å². The van der Waals surface area contributed by atoms with Crippen LogP contribution in [-0.4, -0.2) is 31.2 Å². The highest BCUT2D eigenvalue weighted by Crippen LogP contribution is 2.32. The first kappa shape index (κ1) is 18.5.